The fourth-order valence-electron chi connectivity index (χ4n) is 2.01. The summed E-state index contributed by atoms with van der Waals surface area (Å²) in [6, 6.07) is 11.0. The summed E-state index contributed by atoms with van der Waals surface area (Å²) in [6.07, 6.45) is 0.998. The molecule has 0 saturated carbocycles. The van der Waals surface area contributed by atoms with Crippen LogP contribution in [0.25, 0.3) is 0 Å². The molecule has 1 N–H and O–H groups in total. The largest absolute Gasteiger partial charge is 0.313 e. The Labute approximate surface area is 125 Å². The van der Waals surface area contributed by atoms with Gasteiger partial charge in [0.2, 0.25) is 0 Å². The first-order valence-electron chi connectivity index (χ1n) is 7.17. The zero-order valence-electron chi connectivity index (χ0n) is 12.5. The lowest BCUT2D eigenvalue weighted by Crippen LogP contribution is -2.11. The molecule has 0 bridgehead atoms. The number of aromatic nitrogens is 2. The Balaban J connectivity index is 1.91. The van der Waals surface area contributed by atoms with Crippen molar-refractivity contribution < 1.29 is 0 Å². The van der Waals surface area contributed by atoms with Gasteiger partial charge in [-0.05, 0) is 36.7 Å². The predicted molar refractivity (Wildman–Crippen MR) is 86.0 cm³/mol. The van der Waals surface area contributed by atoms with E-state index in [9.17, 15) is 0 Å². The van der Waals surface area contributed by atoms with Crippen LogP contribution in [0.5, 0.6) is 0 Å². The van der Waals surface area contributed by atoms with Gasteiger partial charge in [-0.3, -0.25) is 4.68 Å². The van der Waals surface area contributed by atoms with Gasteiger partial charge in [-0.2, -0.15) is 5.10 Å². The lowest BCUT2D eigenvalue weighted by atomic mass is 10.2. The zero-order chi connectivity index (χ0) is 14.4. The average molecular weight is 289 g/mol. The molecule has 1 aromatic heterocycles. The van der Waals surface area contributed by atoms with Gasteiger partial charge in [0.05, 0.1) is 5.69 Å². The normalized spacial score (nSPS) is 10.9. The average Bonchev–Trinajstić information content (AvgIpc) is 2.84. The minimum Gasteiger partial charge on any atom is -0.313 e. The summed E-state index contributed by atoms with van der Waals surface area (Å²) in [5, 5.41) is 7.82. The molecule has 0 saturated heterocycles. The van der Waals surface area contributed by atoms with Crippen molar-refractivity contribution in [2.45, 2.75) is 37.5 Å². The molecule has 3 nitrogen and oxygen atoms in total. The molecule has 0 spiro atoms. The van der Waals surface area contributed by atoms with Crippen LogP contribution in [-0.2, 0) is 25.8 Å². The standard InChI is InChI=1S/C16H23N3S/c1-4-14-10-15(19(3)18-14)12-20-16-8-6-13(7-9-16)11-17-5-2/h6-10,17H,4-5,11-12H2,1-3H3. The summed E-state index contributed by atoms with van der Waals surface area (Å²) in [5.41, 5.74) is 3.79. The van der Waals surface area contributed by atoms with Crippen LogP contribution >= 0.6 is 11.8 Å². The van der Waals surface area contributed by atoms with Crippen molar-refractivity contribution >= 4 is 11.8 Å². The van der Waals surface area contributed by atoms with Gasteiger partial charge in [0.15, 0.2) is 0 Å². The summed E-state index contributed by atoms with van der Waals surface area (Å²) in [5.74, 6) is 0.968. The molecule has 0 amide bonds. The number of rotatable bonds is 7. The van der Waals surface area contributed by atoms with Crippen molar-refractivity contribution in [3.8, 4) is 0 Å². The second-order valence-electron chi connectivity index (χ2n) is 4.82. The Bertz CT molecular complexity index is 531. The minimum atomic E-state index is 0.947. The first-order chi connectivity index (χ1) is 9.72. The van der Waals surface area contributed by atoms with Crippen LogP contribution in [0.15, 0.2) is 35.2 Å². The molecule has 2 rings (SSSR count). The van der Waals surface area contributed by atoms with E-state index in [0.29, 0.717) is 0 Å². The SMILES string of the molecule is CCNCc1ccc(SCc2cc(CC)nn2C)cc1. The Morgan fingerprint density at radius 2 is 1.95 bits per heavy atom. The fourth-order valence-corrected chi connectivity index (χ4v) is 2.92. The van der Waals surface area contributed by atoms with Gasteiger partial charge < -0.3 is 5.32 Å². The van der Waals surface area contributed by atoms with Gasteiger partial charge in [0, 0.05) is 29.9 Å². The van der Waals surface area contributed by atoms with E-state index < -0.39 is 0 Å². The molecule has 0 aliphatic rings. The van der Waals surface area contributed by atoms with Crippen LogP contribution in [0.3, 0.4) is 0 Å². The third kappa shape index (κ3) is 4.12. The van der Waals surface area contributed by atoms with Crippen LogP contribution in [0.2, 0.25) is 0 Å². The maximum atomic E-state index is 4.48. The topological polar surface area (TPSA) is 29.9 Å². The van der Waals surface area contributed by atoms with Crippen LogP contribution in [-0.4, -0.2) is 16.3 Å². The van der Waals surface area contributed by atoms with E-state index in [-0.39, 0.29) is 0 Å². The van der Waals surface area contributed by atoms with Crippen LogP contribution in [0, 0.1) is 0 Å². The summed E-state index contributed by atoms with van der Waals surface area (Å²) in [4.78, 5) is 1.31. The number of nitrogens with one attached hydrogen (secondary N) is 1. The molecular formula is C16H23N3S. The highest BCUT2D eigenvalue weighted by Crippen LogP contribution is 2.23. The van der Waals surface area contributed by atoms with Crippen molar-refractivity contribution in [3.05, 3.63) is 47.3 Å². The first-order valence-corrected chi connectivity index (χ1v) is 8.15. The second kappa shape index (κ2) is 7.50. The van der Waals surface area contributed by atoms with E-state index in [1.165, 1.54) is 21.8 Å². The van der Waals surface area contributed by atoms with Crippen molar-refractivity contribution in [1.29, 1.82) is 0 Å². The maximum absolute atomic E-state index is 4.48. The highest BCUT2D eigenvalue weighted by atomic mass is 32.2. The fraction of sp³-hybridized carbons (Fsp3) is 0.438. The second-order valence-corrected chi connectivity index (χ2v) is 5.87. The molecule has 0 aliphatic carbocycles. The molecular weight excluding hydrogens is 266 g/mol. The van der Waals surface area contributed by atoms with Crippen molar-refractivity contribution in [3.63, 3.8) is 0 Å². The first kappa shape index (κ1) is 15.1. The van der Waals surface area contributed by atoms with E-state index in [1.807, 2.05) is 23.5 Å². The third-order valence-corrected chi connectivity index (χ3v) is 4.32. The molecule has 20 heavy (non-hydrogen) atoms. The lowest BCUT2D eigenvalue weighted by molar-refractivity contribution is 0.720. The minimum absolute atomic E-state index is 0.947. The summed E-state index contributed by atoms with van der Waals surface area (Å²) < 4.78 is 1.99. The van der Waals surface area contributed by atoms with Crippen molar-refractivity contribution in [2.75, 3.05) is 6.54 Å². The van der Waals surface area contributed by atoms with Gasteiger partial charge in [-0.1, -0.05) is 26.0 Å². The molecule has 1 aromatic carbocycles. The molecule has 4 heteroatoms. The van der Waals surface area contributed by atoms with E-state index in [0.717, 1.165) is 25.3 Å². The molecule has 0 unspecified atom stereocenters. The highest BCUT2D eigenvalue weighted by Gasteiger charge is 2.04. The molecule has 0 radical (unpaired) electrons. The number of hydrogen-bond donors (Lipinski definition) is 1. The molecule has 1 heterocycles. The Morgan fingerprint density at radius 1 is 1.20 bits per heavy atom. The van der Waals surface area contributed by atoms with Crippen molar-refractivity contribution in [1.82, 2.24) is 15.1 Å². The van der Waals surface area contributed by atoms with Gasteiger partial charge in [-0.25, -0.2) is 0 Å². The highest BCUT2D eigenvalue weighted by molar-refractivity contribution is 7.98. The van der Waals surface area contributed by atoms with Gasteiger partial charge in [0.1, 0.15) is 0 Å². The van der Waals surface area contributed by atoms with E-state index in [4.69, 9.17) is 0 Å². The predicted octanol–water partition coefficient (Wildman–Crippen LogP) is 3.38. The van der Waals surface area contributed by atoms with E-state index >= 15 is 0 Å². The molecule has 0 fully saturated rings. The van der Waals surface area contributed by atoms with E-state index in [1.54, 1.807) is 0 Å². The smallest absolute Gasteiger partial charge is 0.0625 e. The summed E-state index contributed by atoms with van der Waals surface area (Å²) >= 11 is 1.86. The molecule has 0 atom stereocenters. The number of benzene rings is 1. The quantitative estimate of drug-likeness (QED) is 0.792. The van der Waals surface area contributed by atoms with Crippen LogP contribution in [0.1, 0.15) is 30.8 Å². The van der Waals surface area contributed by atoms with E-state index in [2.05, 4.69) is 54.6 Å². The summed E-state index contributed by atoms with van der Waals surface area (Å²) in [7, 11) is 2.02. The third-order valence-electron chi connectivity index (χ3n) is 3.28. The van der Waals surface area contributed by atoms with Gasteiger partial charge >= 0.3 is 0 Å². The molecule has 0 aliphatic heterocycles. The van der Waals surface area contributed by atoms with Gasteiger partial charge in [0.25, 0.3) is 0 Å². The monoisotopic (exact) mass is 289 g/mol. The Morgan fingerprint density at radius 3 is 2.55 bits per heavy atom. The Hall–Kier alpha value is -1.26. The number of hydrogen-bond acceptors (Lipinski definition) is 3. The lowest BCUT2D eigenvalue weighted by Gasteiger charge is -2.05. The number of nitrogens with zero attached hydrogens (tertiary/aromatic N) is 2. The number of thioether (sulfide) groups is 1. The van der Waals surface area contributed by atoms with Crippen molar-refractivity contribution in [2.24, 2.45) is 7.05 Å². The number of aryl methyl sites for hydroxylation is 2. The maximum Gasteiger partial charge on any atom is 0.0625 e. The van der Waals surface area contributed by atoms with Gasteiger partial charge in [-0.15, -0.1) is 11.8 Å². The van der Waals surface area contributed by atoms with Crippen LogP contribution < -0.4 is 5.32 Å². The zero-order valence-corrected chi connectivity index (χ0v) is 13.3. The Kier molecular flexibility index (Phi) is 5.68. The molecule has 108 valence electrons. The molecule has 2 aromatic rings. The van der Waals surface area contributed by atoms with Crippen LogP contribution in [0.4, 0.5) is 0 Å². The summed E-state index contributed by atoms with van der Waals surface area (Å²) in [6.45, 7) is 6.23.